The van der Waals surface area contributed by atoms with Crippen LogP contribution in [0.3, 0.4) is 0 Å². The Morgan fingerprint density at radius 3 is 2.43 bits per heavy atom. The van der Waals surface area contributed by atoms with E-state index in [1.54, 1.807) is 11.3 Å². The summed E-state index contributed by atoms with van der Waals surface area (Å²) in [5.74, 6) is 0.747. The van der Waals surface area contributed by atoms with Crippen molar-refractivity contribution in [3.63, 3.8) is 0 Å². The minimum absolute atomic E-state index is 0.453. The van der Waals surface area contributed by atoms with E-state index in [1.807, 2.05) is 25.6 Å². The molecule has 1 aliphatic rings. The van der Waals surface area contributed by atoms with Gasteiger partial charge in [-0.2, -0.15) is 0 Å². The van der Waals surface area contributed by atoms with Crippen molar-refractivity contribution in [2.75, 3.05) is 0 Å². The first-order chi connectivity index (χ1) is 6.86. The highest BCUT2D eigenvalue weighted by Gasteiger charge is 2.20. The van der Waals surface area contributed by atoms with E-state index in [9.17, 15) is 0 Å². The predicted octanol–water partition coefficient (Wildman–Crippen LogP) is 3.15. The smallest absolute Gasteiger partial charge is 0.0794 e. The summed E-state index contributed by atoms with van der Waals surface area (Å²) in [6.07, 6.45) is 6.88. The summed E-state index contributed by atoms with van der Waals surface area (Å²) in [6, 6.07) is 0.453. The predicted molar refractivity (Wildman–Crippen MR) is 62.6 cm³/mol. The summed E-state index contributed by atoms with van der Waals surface area (Å²) in [5.41, 5.74) is 7.76. The fourth-order valence-electron chi connectivity index (χ4n) is 1.83. The van der Waals surface area contributed by atoms with Crippen molar-refractivity contribution in [2.24, 2.45) is 5.73 Å². The summed E-state index contributed by atoms with van der Waals surface area (Å²) in [4.78, 5) is 5.55. The molecule has 0 amide bonds. The Balaban J connectivity index is 0.000000461. The highest BCUT2D eigenvalue weighted by atomic mass is 32.1. The van der Waals surface area contributed by atoms with Gasteiger partial charge < -0.3 is 5.73 Å². The van der Waals surface area contributed by atoms with Gasteiger partial charge in [-0.1, -0.05) is 13.8 Å². The van der Waals surface area contributed by atoms with Crippen molar-refractivity contribution < 1.29 is 0 Å². The molecule has 0 spiro atoms. The van der Waals surface area contributed by atoms with Crippen LogP contribution < -0.4 is 5.73 Å². The first kappa shape index (κ1) is 11.7. The van der Waals surface area contributed by atoms with Gasteiger partial charge in [0.05, 0.1) is 5.51 Å². The lowest BCUT2D eigenvalue weighted by Gasteiger charge is -2.24. The van der Waals surface area contributed by atoms with Crippen molar-refractivity contribution in [3.05, 3.63) is 16.6 Å². The minimum atomic E-state index is 0.453. The minimum Gasteiger partial charge on any atom is -0.328 e. The van der Waals surface area contributed by atoms with Crippen molar-refractivity contribution in [2.45, 2.75) is 51.5 Å². The van der Waals surface area contributed by atoms with Crippen LogP contribution in [0.25, 0.3) is 0 Å². The second-order valence-electron chi connectivity index (χ2n) is 3.52. The van der Waals surface area contributed by atoms with Crippen LogP contribution in [0.2, 0.25) is 0 Å². The largest absolute Gasteiger partial charge is 0.328 e. The molecule has 1 aromatic rings. The summed E-state index contributed by atoms with van der Waals surface area (Å²) < 4.78 is 0. The fraction of sp³-hybridized carbons (Fsp3) is 0.727. The van der Waals surface area contributed by atoms with Crippen molar-refractivity contribution in [1.82, 2.24) is 4.98 Å². The lowest BCUT2D eigenvalue weighted by atomic mass is 9.86. The first-order valence-electron chi connectivity index (χ1n) is 5.50. The van der Waals surface area contributed by atoms with E-state index >= 15 is 0 Å². The monoisotopic (exact) mass is 212 g/mol. The number of hydrogen-bond acceptors (Lipinski definition) is 3. The standard InChI is InChI=1S/C9H14N2S.C2H6/c10-8-3-1-7(2-4-8)9-5-11-6-12-9;1-2/h5-8H,1-4,10H2;1-2H3. The normalized spacial score (nSPS) is 26.5. The van der Waals surface area contributed by atoms with E-state index in [-0.39, 0.29) is 0 Å². The Labute approximate surface area is 90.6 Å². The van der Waals surface area contributed by atoms with Gasteiger partial charge in [0, 0.05) is 17.1 Å². The van der Waals surface area contributed by atoms with E-state index in [4.69, 9.17) is 5.73 Å². The molecular weight excluding hydrogens is 192 g/mol. The zero-order chi connectivity index (χ0) is 10.4. The number of aromatic nitrogens is 1. The van der Waals surface area contributed by atoms with E-state index < -0.39 is 0 Å². The molecule has 1 heterocycles. The Morgan fingerprint density at radius 2 is 1.93 bits per heavy atom. The molecule has 80 valence electrons. The topological polar surface area (TPSA) is 38.9 Å². The third-order valence-electron chi connectivity index (χ3n) is 2.63. The van der Waals surface area contributed by atoms with Gasteiger partial charge in [0.25, 0.3) is 0 Å². The molecule has 0 aromatic carbocycles. The van der Waals surface area contributed by atoms with Gasteiger partial charge in [-0.15, -0.1) is 11.3 Å². The van der Waals surface area contributed by atoms with E-state index in [1.165, 1.54) is 30.6 Å². The lowest BCUT2D eigenvalue weighted by Crippen LogP contribution is -2.25. The van der Waals surface area contributed by atoms with Crippen LogP contribution in [-0.4, -0.2) is 11.0 Å². The average Bonchev–Trinajstić information content (AvgIpc) is 2.75. The molecule has 0 radical (unpaired) electrons. The number of rotatable bonds is 1. The molecule has 2 nitrogen and oxygen atoms in total. The van der Waals surface area contributed by atoms with Gasteiger partial charge in [0.2, 0.25) is 0 Å². The van der Waals surface area contributed by atoms with Crippen LogP contribution in [0.4, 0.5) is 0 Å². The van der Waals surface area contributed by atoms with E-state index in [2.05, 4.69) is 4.98 Å². The van der Waals surface area contributed by atoms with E-state index in [0.29, 0.717) is 6.04 Å². The molecule has 0 bridgehead atoms. The summed E-state index contributed by atoms with van der Waals surface area (Å²) >= 11 is 1.78. The molecule has 1 saturated carbocycles. The maximum atomic E-state index is 5.84. The highest BCUT2D eigenvalue weighted by molar-refractivity contribution is 7.09. The third kappa shape index (κ3) is 3.07. The van der Waals surface area contributed by atoms with Gasteiger partial charge in [0.1, 0.15) is 0 Å². The molecule has 2 rings (SSSR count). The Morgan fingerprint density at radius 1 is 1.29 bits per heavy atom. The number of thiazole rings is 1. The van der Waals surface area contributed by atoms with Gasteiger partial charge in [-0.05, 0) is 31.6 Å². The SMILES string of the molecule is CC.NC1CCC(c2cncs2)CC1. The molecular formula is C11H20N2S. The number of hydrogen-bond donors (Lipinski definition) is 1. The second-order valence-corrected chi connectivity index (χ2v) is 4.43. The van der Waals surface area contributed by atoms with Crippen LogP contribution >= 0.6 is 11.3 Å². The quantitative estimate of drug-likeness (QED) is 0.776. The molecule has 0 saturated heterocycles. The molecule has 0 atom stereocenters. The Bertz CT molecular complexity index is 225. The molecule has 1 aliphatic carbocycles. The maximum Gasteiger partial charge on any atom is 0.0794 e. The van der Waals surface area contributed by atoms with Gasteiger partial charge in [-0.25, -0.2) is 0 Å². The van der Waals surface area contributed by atoms with Crippen LogP contribution in [0.5, 0.6) is 0 Å². The summed E-state index contributed by atoms with van der Waals surface area (Å²) in [7, 11) is 0. The van der Waals surface area contributed by atoms with Gasteiger partial charge >= 0.3 is 0 Å². The molecule has 2 N–H and O–H groups in total. The van der Waals surface area contributed by atoms with E-state index in [0.717, 1.165) is 5.92 Å². The molecule has 1 aromatic heterocycles. The number of nitrogens with two attached hydrogens (primary N) is 1. The molecule has 14 heavy (non-hydrogen) atoms. The van der Waals surface area contributed by atoms with Crippen LogP contribution in [0.1, 0.15) is 50.3 Å². The first-order valence-corrected chi connectivity index (χ1v) is 6.38. The average molecular weight is 212 g/mol. The summed E-state index contributed by atoms with van der Waals surface area (Å²) in [6.45, 7) is 4.00. The van der Waals surface area contributed by atoms with Crippen molar-refractivity contribution in [3.8, 4) is 0 Å². The zero-order valence-corrected chi connectivity index (χ0v) is 9.89. The lowest BCUT2D eigenvalue weighted by molar-refractivity contribution is 0.399. The molecule has 0 unspecified atom stereocenters. The molecule has 1 fully saturated rings. The van der Waals surface area contributed by atoms with Crippen molar-refractivity contribution in [1.29, 1.82) is 0 Å². The zero-order valence-electron chi connectivity index (χ0n) is 9.07. The molecule has 3 heteroatoms. The van der Waals surface area contributed by atoms with Crippen LogP contribution in [-0.2, 0) is 0 Å². The summed E-state index contributed by atoms with van der Waals surface area (Å²) in [5, 5.41) is 0. The van der Waals surface area contributed by atoms with Crippen molar-refractivity contribution >= 4 is 11.3 Å². The van der Waals surface area contributed by atoms with Gasteiger partial charge in [-0.3, -0.25) is 4.98 Å². The van der Waals surface area contributed by atoms with Gasteiger partial charge in [0.15, 0.2) is 0 Å². The van der Waals surface area contributed by atoms with Crippen LogP contribution in [0, 0.1) is 0 Å². The highest BCUT2D eigenvalue weighted by Crippen LogP contribution is 2.33. The fourth-order valence-corrected chi connectivity index (χ4v) is 2.62. The Kier molecular flexibility index (Phi) is 5.12. The second kappa shape index (κ2) is 6.14. The van der Waals surface area contributed by atoms with Crippen LogP contribution in [0.15, 0.2) is 11.7 Å². The maximum absolute atomic E-state index is 5.84. The Hall–Kier alpha value is -0.410. The number of nitrogens with zero attached hydrogens (tertiary/aromatic N) is 1. The molecule has 0 aliphatic heterocycles. The third-order valence-corrected chi connectivity index (χ3v) is 3.56.